The summed E-state index contributed by atoms with van der Waals surface area (Å²) < 4.78 is 7.94. The number of nitrogens with two attached hydrogens (primary N) is 1. The maximum absolute atomic E-state index is 6.23. The van der Waals surface area contributed by atoms with E-state index in [4.69, 9.17) is 10.5 Å². The van der Waals surface area contributed by atoms with Crippen molar-refractivity contribution < 1.29 is 4.74 Å². The Morgan fingerprint density at radius 2 is 2.44 bits per heavy atom. The minimum atomic E-state index is -0.0912. The van der Waals surface area contributed by atoms with Gasteiger partial charge in [-0.05, 0) is 26.2 Å². The number of nitrogens with zero attached hydrogens (tertiary/aromatic N) is 2. The van der Waals surface area contributed by atoms with Crippen LogP contribution in [0.2, 0.25) is 0 Å². The van der Waals surface area contributed by atoms with Gasteiger partial charge in [0.2, 0.25) is 0 Å². The molecule has 1 saturated heterocycles. The van der Waals surface area contributed by atoms with Gasteiger partial charge in [0.1, 0.15) is 5.82 Å². The van der Waals surface area contributed by atoms with Crippen molar-refractivity contribution in [3.05, 3.63) is 18.2 Å². The number of hydrogen-bond donors (Lipinski definition) is 1. The van der Waals surface area contributed by atoms with E-state index in [0.29, 0.717) is 6.10 Å². The van der Waals surface area contributed by atoms with Crippen LogP contribution in [0, 0.1) is 0 Å². The Labute approximate surface area is 96.8 Å². The van der Waals surface area contributed by atoms with Crippen LogP contribution in [0.5, 0.6) is 0 Å². The summed E-state index contributed by atoms with van der Waals surface area (Å²) in [5, 5.41) is 0. The van der Waals surface area contributed by atoms with Crippen molar-refractivity contribution in [2.45, 2.75) is 57.9 Å². The summed E-state index contributed by atoms with van der Waals surface area (Å²) in [4.78, 5) is 4.36. The Kier molecular flexibility index (Phi) is 3.61. The summed E-state index contributed by atoms with van der Waals surface area (Å²) in [5.41, 5.74) is 6.23. The Balaban J connectivity index is 2.07. The zero-order valence-corrected chi connectivity index (χ0v) is 10.1. The molecule has 0 spiro atoms. The number of rotatable bonds is 4. The molecule has 0 bridgehead atoms. The lowest BCUT2D eigenvalue weighted by molar-refractivity contribution is 0.0377. The van der Waals surface area contributed by atoms with E-state index in [0.717, 1.165) is 31.6 Å². The summed E-state index contributed by atoms with van der Waals surface area (Å²) in [6.45, 7) is 5.24. The SMILES string of the molecule is CCCn1ccnc1C(N)C1CCC(C)O1. The fourth-order valence-corrected chi connectivity index (χ4v) is 2.31. The number of hydrogen-bond acceptors (Lipinski definition) is 3. The van der Waals surface area contributed by atoms with Gasteiger partial charge in [-0.1, -0.05) is 6.92 Å². The van der Waals surface area contributed by atoms with Gasteiger partial charge < -0.3 is 15.0 Å². The molecule has 0 saturated carbocycles. The Morgan fingerprint density at radius 1 is 1.62 bits per heavy atom. The van der Waals surface area contributed by atoms with E-state index in [-0.39, 0.29) is 12.1 Å². The zero-order chi connectivity index (χ0) is 11.5. The molecule has 0 amide bonds. The van der Waals surface area contributed by atoms with Crippen LogP contribution in [0.15, 0.2) is 12.4 Å². The first-order valence-electron chi connectivity index (χ1n) is 6.14. The van der Waals surface area contributed by atoms with Crippen molar-refractivity contribution in [3.63, 3.8) is 0 Å². The number of ether oxygens (including phenoxy) is 1. The van der Waals surface area contributed by atoms with Crippen molar-refractivity contribution >= 4 is 0 Å². The average Bonchev–Trinajstić information content (AvgIpc) is 2.87. The van der Waals surface area contributed by atoms with Crippen LogP contribution < -0.4 is 5.73 Å². The molecule has 2 heterocycles. The standard InChI is InChI=1S/C12H21N3O/c1-3-7-15-8-6-14-12(15)11(13)10-5-4-9(2)16-10/h6,8-11H,3-5,7,13H2,1-2H3. The van der Waals surface area contributed by atoms with Gasteiger partial charge in [0, 0.05) is 18.9 Å². The van der Waals surface area contributed by atoms with E-state index >= 15 is 0 Å². The quantitative estimate of drug-likeness (QED) is 0.847. The highest BCUT2D eigenvalue weighted by atomic mass is 16.5. The maximum atomic E-state index is 6.23. The first kappa shape index (κ1) is 11.6. The van der Waals surface area contributed by atoms with E-state index in [1.807, 2.05) is 12.4 Å². The zero-order valence-electron chi connectivity index (χ0n) is 10.1. The Bertz CT molecular complexity index is 337. The Morgan fingerprint density at radius 3 is 3.06 bits per heavy atom. The van der Waals surface area contributed by atoms with E-state index < -0.39 is 0 Å². The van der Waals surface area contributed by atoms with Crippen molar-refractivity contribution in [1.29, 1.82) is 0 Å². The van der Waals surface area contributed by atoms with Crippen LogP contribution in [-0.4, -0.2) is 21.8 Å². The second-order valence-corrected chi connectivity index (χ2v) is 4.57. The lowest BCUT2D eigenvalue weighted by atomic mass is 10.1. The highest BCUT2D eigenvalue weighted by Crippen LogP contribution is 2.27. The summed E-state index contributed by atoms with van der Waals surface area (Å²) in [5.74, 6) is 0.959. The topological polar surface area (TPSA) is 53.1 Å². The lowest BCUT2D eigenvalue weighted by Gasteiger charge is -2.20. The molecule has 4 heteroatoms. The van der Waals surface area contributed by atoms with Crippen molar-refractivity contribution in [2.24, 2.45) is 5.73 Å². The maximum Gasteiger partial charge on any atom is 0.128 e. The second-order valence-electron chi connectivity index (χ2n) is 4.57. The van der Waals surface area contributed by atoms with Crippen molar-refractivity contribution in [3.8, 4) is 0 Å². The molecule has 3 unspecified atom stereocenters. The third-order valence-electron chi connectivity index (χ3n) is 3.18. The van der Waals surface area contributed by atoms with Crippen LogP contribution in [0.1, 0.15) is 45.0 Å². The van der Waals surface area contributed by atoms with Crippen LogP contribution in [-0.2, 0) is 11.3 Å². The van der Waals surface area contributed by atoms with Gasteiger partial charge in [0.15, 0.2) is 0 Å². The van der Waals surface area contributed by atoms with E-state index in [1.54, 1.807) is 0 Å². The van der Waals surface area contributed by atoms with Crippen LogP contribution >= 0.6 is 0 Å². The highest BCUT2D eigenvalue weighted by molar-refractivity contribution is 5.02. The summed E-state index contributed by atoms with van der Waals surface area (Å²) in [7, 11) is 0. The van der Waals surface area contributed by atoms with Crippen LogP contribution in [0.3, 0.4) is 0 Å². The number of imidazole rings is 1. The van der Waals surface area contributed by atoms with Crippen molar-refractivity contribution in [2.75, 3.05) is 0 Å². The summed E-state index contributed by atoms with van der Waals surface area (Å²) in [6.07, 6.45) is 7.53. The third kappa shape index (κ3) is 2.28. The molecule has 16 heavy (non-hydrogen) atoms. The first-order valence-corrected chi connectivity index (χ1v) is 6.14. The molecule has 1 aliphatic rings. The van der Waals surface area contributed by atoms with E-state index in [1.165, 1.54) is 0 Å². The van der Waals surface area contributed by atoms with Crippen LogP contribution in [0.4, 0.5) is 0 Å². The fourth-order valence-electron chi connectivity index (χ4n) is 2.31. The van der Waals surface area contributed by atoms with E-state index in [2.05, 4.69) is 23.4 Å². The molecule has 2 rings (SSSR count). The molecule has 4 nitrogen and oxygen atoms in total. The van der Waals surface area contributed by atoms with Gasteiger partial charge in [-0.15, -0.1) is 0 Å². The second kappa shape index (κ2) is 4.97. The molecular formula is C12H21N3O. The minimum Gasteiger partial charge on any atom is -0.373 e. The molecule has 3 atom stereocenters. The molecule has 1 aromatic heterocycles. The van der Waals surface area contributed by atoms with Gasteiger partial charge in [-0.25, -0.2) is 4.98 Å². The molecule has 1 aliphatic heterocycles. The molecule has 2 N–H and O–H groups in total. The fraction of sp³-hybridized carbons (Fsp3) is 0.750. The molecule has 0 aliphatic carbocycles. The smallest absolute Gasteiger partial charge is 0.128 e. The van der Waals surface area contributed by atoms with Gasteiger partial charge >= 0.3 is 0 Å². The third-order valence-corrected chi connectivity index (χ3v) is 3.18. The molecule has 0 radical (unpaired) electrons. The van der Waals surface area contributed by atoms with E-state index in [9.17, 15) is 0 Å². The molecule has 1 fully saturated rings. The first-order chi connectivity index (χ1) is 7.72. The minimum absolute atomic E-state index is 0.0912. The summed E-state index contributed by atoms with van der Waals surface area (Å²) >= 11 is 0. The monoisotopic (exact) mass is 223 g/mol. The number of aromatic nitrogens is 2. The van der Waals surface area contributed by atoms with Crippen molar-refractivity contribution in [1.82, 2.24) is 9.55 Å². The molecule has 90 valence electrons. The van der Waals surface area contributed by atoms with Crippen LogP contribution in [0.25, 0.3) is 0 Å². The Hall–Kier alpha value is -0.870. The molecule has 1 aromatic rings. The predicted molar refractivity (Wildman–Crippen MR) is 63.0 cm³/mol. The van der Waals surface area contributed by atoms with Gasteiger partial charge in [-0.2, -0.15) is 0 Å². The van der Waals surface area contributed by atoms with Gasteiger partial charge in [-0.3, -0.25) is 0 Å². The predicted octanol–water partition coefficient (Wildman–Crippen LogP) is 1.86. The van der Waals surface area contributed by atoms with Gasteiger partial charge in [0.25, 0.3) is 0 Å². The number of aryl methyl sites for hydroxylation is 1. The normalized spacial score (nSPS) is 27.2. The molecular weight excluding hydrogens is 202 g/mol. The average molecular weight is 223 g/mol. The summed E-state index contributed by atoms with van der Waals surface area (Å²) in [6, 6.07) is -0.0912. The molecule has 0 aromatic carbocycles. The lowest BCUT2D eigenvalue weighted by Crippen LogP contribution is -2.29. The van der Waals surface area contributed by atoms with Gasteiger partial charge in [0.05, 0.1) is 18.2 Å². The largest absolute Gasteiger partial charge is 0.373 e. The highest BCUT2D eigenvalue weighted by Gasteiger charge is 2.30.